The van der Waals surface area contributed by atoms with Crippen LogP contribution in [0.15, 0.2) is 66.7 Å². The number of benzene rings is 3. The fraction of sp³-hybridized carbons (Fsp3) is 0.324. The lowest BCUT2D eigenvalue weighted by Crippen LogP contribution is -2.26. The number of carbonyl (C=O) groups is 2. The predicted molar refractivity (Wildman–Crippen MR) is 171 cm³/mol. The van der Waals surface area contributed by atoms with E-state index in [1.165, 1.54) is 37.7 Å². The summed E-state index contributed by atoms with van der Waals surface area (Å²) in [5.41, 5.74) is 6.95. The molecule has 0 saturated heterocycles. The van der Waals surface area contributed by atoms with Crippen LogP contribution in [0.2, 0.25) is 5.02 Å². The summed E-state index contributed by atoms with van der Waals surface area (Å²) in [6, 6.07) is 22.5. The van der Waals surface area contributed by atoms with E-state index in [1.807, 2.05) is 31.2 Å². The van der Waals surface area contributed by atoms with Crippen molar-refractivity contribution >= 4 is 45.6 Å². The number of aromatic nitrogens is 1. The van der Waals surface area contributed by atoms with Gasteiger partial charge in [-0.1, -0.05) is 67.3 Å². The molecule has 0 unspecified atom stereocenters. The third-order valence-corrected chi connectivity index (χ3v) is 9.33. The number of nitrogens with zero attached hydrogens (tertiary/aromatic N) is 2. The molecule has 0 aliphatic heterocycles. The molecule has 8 heteroatoms. The Morgan fingerprint density at radius 1 is 1.00 bits per heavy atom. The van der Waals surface area contributed by atoms with Crippen molar-refractivity contribution in [3.05, 3.63) is 98.9 Å². The lowest BCUT2D eigenvalue weighted by Gasteiger charge is -2.25. The topological polar surface area (TPSA) is 82.5 Å². The molecule has 218 valence electrons. The molecule has 1 saturated carbocycles. The van der Waals surface area contributed by atoms with E-state index in [1.54, 1.807) is 23.5 Å². The molecule has 1 aliphatic carbocycles. The number of hydrogen-bond acceptors (Lipinski definition) is 5. The largest absolute Gasteiger partial charge is 0.481 e. The molecule has 1 aliphatic rings. The van der Waals surface area contributed by atoms with Gasteiger partial charge in [0.15, 0.2) is 5.13 Å². The smallest absolute Gasteiger partial charge is 0.305 e. The van der Waals surface area contributed by atoms with Crippen molar-refractivity contribution in [1.29, 1.82) is 0 Å². The van der Waals surface area contributed by atoms with E-state index in [0.717, 1.165) is 43.1 Å². The molecule has 0 atom stereocenters. The average molecular weight is 602 g/mol. The summed E-state index contributed by atoms with van der Waals surface area (Å²) < 4.78 is 0. The van der Waals surface area contributed by atoms with Gasteiger partial charge in [-0.15, -0.1) is 11.3 Å². The van der Waals surface area contributed by atoms with Crippen molar-refractivity contribution < 1.29 is 14.7 Å². The summed E-state index contributed by atoms with van der Waals surface area (Å²) in [4.78, 5) is 31.7. The van der Waals surface area contributed by atoms with Gasteiger partial charge in [-0.05, 0) is 79.6 Å². The minimum atomic E-state index is -0.941. The van der Waals surface area contributed by atoms with Crippen molar-refractivity contribution in [3.8, 4) is 11.3 Å². The number of carboxylic acid groups (broad SMARTS) is 1. The minimum Gasteiger partial charge on any atom is -0.481 e. The third kappa shape index (κ3) is 7.20. The Morgan fingerprint density at radius 3 is 2.38 bits per heavy atom. The predicted octanol–water partition coefficient (Wildman–Crippen LogP) is 8.67. The van der Waals surface area contributed by atoms with Crippen LogP contribution >= 0.6 is 22.9 Å². The maximum Gasteiger partial charge on any atom is 0.305 e. The number of aliphatic carboxylic acids is 1. The SMILES string of the molecule is Cc1ccc(-c2nc(N(Cc3ccc(C(=O)NCCC(=O)O)cc3)c3ccc(C4CCCCC4)cc3)sc2C)cc1Cl. The van der Waals surface area contributed by atoms with E-state index < -0.39 is 5.97 Å². The number of thiazole rings is 1. The summed E-state index contributed by atoms with van der Waals surface area (Å²) in [7, 11) is 0. The fourth-order valence-electron chi connectivity index (χ4n) is 5.47. The van der Waals surface area contributed by atoms with Crippen LogP contribution in [0, 0.1) is 13.8 Å². The van der Waals surface area contributed by atoms with Crippen LogP contribution in [0.4, 0.5) is 10.8 Å². The number of amides is 1. The van der Waals surface area contributed by atoms with Gasteiger partial charge in [-0.2, -0.15) is 0 Å². The number of anilines is 2. The molecule has 0 radical (unpaired) electrons. The van der Waals surface area contributed by atoms with Gasteiger partial charge in [0.25, 0.3) is 5.91 Å². The number of carbonyl (C=O) groups excluding carboxylic acids is 1. The van der Waals surface area contributed by atoms with Crippen molar-refractivity contribution in [2.45, 2.75) is 64.8 Å². The fourth-order valence-corrected chi connectivity index (χ4v) is 6.60. The van der Waals surface area contributed by atoms with E-state index in [0.29, 0.717) is 18.0 Å². The summed E-state index contributed by atoms with van der Waals surface area (Å²) in [5, 5.41) is 13.1. The number of carboxylic acids is 1. The first-order chi connectivity index (χ1) is 20.3. The summed E-state index contributed by atoms with van der Waals surface area (Å²) >= 11 is 8.11. The first-order valence-corrected chi connectivity index (χ1v) is 15.7. The van der Waals surface area contributed by atoms with Crippen LogP contribution in [0.25, 0.3) is 11.3 Å². The van der Waals surface area contributed by atoms with Gasteiger partial charge in [0.1, 0.15) is 0 Å². The van der Waals surface area contributed by atoms with Gasteiger partial charge >= 0.3 is 5.97 Å². The number of halogens is 1. The Morgan fingerprint density at radius 2 is 1.71 bits per heavy atom. The van der Waals surface area contributed by atoms with Crippen LogP contribution in [0.5, 0.6) is 0 Å². The molecular formula is C34H36ClN3O3S. The van der Waals surface area contributed by atoms with Crippen LogP contribution in [-0.4, -0.2) is 28.5 Å². The first kappa shape index (κ1) is 29.8. The molecule has 42 heavy (non-hydrogen) atoms. The maximum absolute atomic E-state index is 12.5. The van der Waals surface area contributed by atoms with Crippen molar-refractivity contribution in [3.63, 3.8) is 0 Å². The lowest BCUT2D eigenvalue weighted by molar-refractivity contribution is -0.136. The van der Waals surface area contributed by atoms with E-state index in [2.05, 4.69) is 47.5 Å². The summed E-state index contributed by atoms with van der Waals surface area (Å²) in [6.45, 7) is 4.75. The molecule has 1 heterocycles. The van der Waals surface area contributed by atoms with Crippen molar-refractivity contribution in [2.75, 3.05) is 11.4 Å². The monoisotopic (exact) mass is 601 g/mol. The molecule has 1 fully saturated rings. The molecule has 3 aromatic carbocycles. The van der Waals surface area contributed by atoms with E-state index >= 15 is 0 Å². The maximum atomic E-state index is 12.5. The lowest BCUT2D eigenvalue weighted by atomic mass is 9.84. The van der Waals surface area contributed by atoms with E-state index in [4.69, 9.17) is 21.7 Å². The second-order valence-electron chi connectivity index (χ2n) is 11.0. The van der Waals surface area contributed by atoms with Crippen LogP contribution in [0.1, 0.15) is 76.4 Å². The molecule has 0 bridgehead atoms. The summed E-state index contributed by atoms with van der Waals surface area (Å²) in [6.07, 6.45) is 6.35. The van der Waals surface area contributed by atoms with Crippen molar-refractivity contribution in [2.24, 2.45) is 0 Å². The zero-order valence-corrected chi connectivity index (χ0v) is 25.6. The molecule has 1 amide bonds. The number of rotatable bonds is 10. The van der Waals surface area contributed by atoms with Crippen LogP contribution in [0.3, 0.4) is 0 Å². The van der Waals surface area contributed by atoms with Gasteiger partial charge in [0.05, 0.1) is 18.7 Å². The highest BCUT2D eigenvalue weighted by Gasteiger charge is 2.20. The zero-order valence-electron chi connectivity index (χ0n) is 24.0. The first-order valence-electron chi connectivity index (χ1n) is 14.5. The molecule has 6 nitrogen and oxygen atoms in total. The number of hydrogen-bond donors (Lipinski definition) is 2. The highest BCUT2D eigenvalue weighted by Crippen LogP contribution is 2.39. The van der Waals surface area contributed by atoms with Gasteiger partial charge in [0, 0.05) is 33.3 Å². The van der Waals surface area contributed by atoms with Gasteiger partial charge in [-0.3, -0.25) is 9.59 Å². The van der Waals surface area contributed by atoms with Crippen LogP contribution < -0.4 is 10.2 Å². The average Bonchev–Trinajstić information content (AvgIpc) is 3.39. The van der Waals surface area contributed by atoms with Gasteiger partial charge < -0.3 is 15.3 Å². The second-order valence-corrected chi connectivity index (χ2v) is 12.6. The molecule has 4 aromatic rings. The van der Waals surface area contributed by atoms with Crippen molar-refractivity contribution in [1.82, 2.24) is 10.3 Å². The highest BCUT2D eigenvalue weighted by molar-refractivity contribution is 7.16. The Labute approximate surface area is 256 Å². The van der Waals surface area contributed by atoms with Crippen LogP contribution in [-0.2, 0) is 11.3 Å². The molecule has 0 spiro atoms. The Hall–Kier alpha value is -3.68. The molecule has 2 N–H and O–H groups in total. The van der Waals surface area contributed by atoms with E-state index in [9.17, 15) is 9.59 Å². The number of nitrogens with one attached hydrogen (secondary N) is 1. The standard InChI is InChI=1S/C34H36ClN3O3S/c1-22-8-11-28(20-30(22)35)32-23(2)42-34(37-32)38(29-16-14-26(15-17-29)25-6-4-3-5-7-25)21-24-9-12-27(13-10-24)33(41)36-19-18-31(39)40/h8-17,20,25H,3-7,18-19,21H2,1-2H3,(H,36,41)(H,39,40). The van der Waals surface area contributed by atoms with Gasteiger partial charge in [0.2, 0.25) is 0 Å². The molecule has 5 rings (SSSR count). The Balaban J connectivity index is 1.42. The summed E-state index contributed by atoms with van der Waals surface area (Å²) in [5.74, 6) is -0.589. The third-order valence-electron chi connectivity index (χ3n) is 7.92. The minimum absolute atomic E-state index is 0.0957. The number of aryl methyl sites for hydroxylation is 2. The molecular weight excluding hydrogens is 566 g/mol. The highest BCUT2D eigenvalue weighted by atomic mass is 35.5. The normalized spacial score (nSPS) is 13.6. The Bertz CT molecular complexity index is 1540. The second kappa shape index (κ2) is 13.5. The quantitative estimate of drug-likeness (QED) is 0.190. The van der Waals surface area contributed by atoms with Gasteiger partial charge in [-0.25, -0.2) is 4.98 Å². The van der Waals surface area contributed by atoms with E-state index in [-0.39, 0.29) is 18.9 Å². The Kier molecular flexibility index (Phi) is 9.60. The molecule has 1 aromatic heterocycles. The zero-order chi connectivity index (χ0) is 29.6.